The second-order valence-electron chi connectivity index (χ2n) is 6.51. The summed E-state index contributed by atoms with van der Waals surface area (Å²) in [5, 5.41) is 4.26. The molecule has 3 rings (SSSR count). The Morgan fingerprint density at radius 1 is 0.923 bits per heavy atom. The van der Waals surface area contributed by atoms with Crippen molar-refractivity contribution in [3.63, 3.8) is 0 Å². The zero-order valence-electron chi connectivity index (χ0n) is 15.1. The number of nitrogens with zero attached hydrogens (tertiary/aromatic N) is 2. The zero-order valence-corrected chi connectivity index (χ0v) is 16.0. The normalized spacial score (nSPS) is 14.8. The van der Waals surface area contributed by atoms with Gasteiger partial charge in [0, 0.05) is 39.3 Å². The topological polar surface area (TPSA) is 27.7 Å². The van der Waals surface area contributed by atoms with Crippen molar-refractivity contribution < 1.29 is 4.74 Å². The molecule has 4 nitrogen and oxygen atoms in total. The van der Waals surface area contributed by atoms with Gasteiger partial charge in [-0.25, -0.2) is 0 Å². The third kappa shape index (κ3) is 6.09. The van der Waals surface area contributed by atoms with Gasteiger partial charge in [0.15, 0.2) is 5.11 Å². The number of thiocarbonyl (C=S) groups is 1. The van der Waals surface area contributed by atoms with E-state index in [1.54, 1.807) is 0 Å². The van der Waals surface area contributed by atoms with Crippen LogP contribution in [0.2, 0.25) is 0 Å². The van der Waals surface area contributed by atoms with Gasteiger partial charge in [-0.1, -0.05) is 60.7 Å². The summed E-state index contributed by atoms with van der Waals surface area (Å²) in [6.45, 7) is 7.14. The molecular formula is C21H27N3OS. The lowest BCUT2D eigenvalue weighted by Gasteiger charge is -2.29. The quantitative estimate of drug-likeness (QED) is 0.758. The number of ether oxygens (including phenoxy) is 1. The average molecular weight is 370 g/mol. The number of nitrogens with one attached hydrogen (secondary N) is 1. The number of hydrogen-bond acceptors (Lipinski definition) is 3. The molecule has 0 amide bonds. The van der Waals surface area contributed by atoms with E-state index in [9.17, 15) is 0 Å². The van der Waals surface area contributed by atoms with E-state index in [1.165, 1.54) is 11.1 Å². The highest BCUT2D eigenvalue weighted by Crippen LogP contribution is 2.10. The van der Waals surface area contributed by atoms with Gasteiger partial charge < -0.3 is 15.0 Å². The largest absolute Gasteiger partial charge is 0.379 e. The van der Waals surface area contributed by atoms with E-state index in [0.717, 1.165) is 57.6 Å². The van der Waals surface area contributed by atoms with E-state index >= 15 is 0 Å². The van der Waals surface area contributed by atoms with Gasteiger partial charge in [0.2, 0.25) is 0 Å². The molecule has 1 saturated heterocycles. The van der Waals surface area contributed by atoms with Crippen molar-refractivity contribution in [1.82, 2.24) is 15.1 Å². The van der Waals surface area contributed by atoms with Gasteiger partial charge in [-0.05, 0) is 23.3 Å². The van der Waals surface area contributed by atoms with E-state index in [2.05, 4.69) is 63.6 Å². The first-order valence-electron chi connectivity index (χ1n) is 9.22. The molecule has 1 aliphatic heterocycles. The molecule has 1 N–H and O–H groups in total. The number of rotatable bonds is 7. The molecule has 0 radical (unpaired) electrons. The molecule has 1 heterocycles. The van der Waals surface area contributed by atoms with Gasteiger partial charge in [0.05, 0.1) is 13.2 Å². The third-order valence-corrected chi connectivity index (χ3v) is 4.93. The molecule has 2 aromatic carbocycles. The molecule has 0 atom stereocenters. The maximum atomic E-state index is 5.71. The highest BCUT2D eigenvalue weighted by molar-refractivity contribution is 7.80. The molecule has 0 aliphatic carbocycles. The molecule has 26 heavy (non-hydrogen) atoms. The number of hydrogen-bond donors (Lipinski definition) is 1. The van der Waals surface area contributed by atoms with E-state index < -0.39 is 0 Å². The molecular weight excluding hydrogens is 342 g/mol. The monoisotopic (exact) mass is 369 g/mol. The van der Waals surface area contributed by atoms with E-state index in [0.29, 0.717) is 0 Å². The first kappa shape index (κ1) is 18.8. The molecule has 0 spiro atoms. The van der Waals surface area contributed by atoms with Crippen LogP contribution in [0.4, 0.5) is 0 Å². The van der Waals surface area contributed by atoms with Crippen molar-refractivity contribution in [3.8, 4) is 0 Å². The molecule has 1 aliphatic rings. The minimum Gasteiger partial charge on any atom is -0.379 e. The maximum absolute atomic E-state index is 5.71. The third-order valence-electron chi connectivity index (χ3n) is 4.53. The molecule has 2 aromatic rings. The van der Waals surface area contributed by atoms with Gasteiger partial charge in [0.25, 0.3) is 0 Å². The first-order chi connectivity index (χ1) is 12.8. The Morgan fingerprint density at radius 2 is 1.46 bits per heavy atom. The zero-order chi connectivity index (χ0) is 18.0. The van der Waals surface area contributed by atoms with Gasteiger partial charge >= 0.3 is 0 Å². The van der Waals surface area contributed by atoms with Crippen molar-refractivity contribution >= 4 is 17.3 Å². The fourth-order valence-electron chi connectivity index (χ4n) is 3.06. The lowest BCUT2D eigenvalue weighted by atomic mass is 10.2. The molecule has 0 aromatic heterocycles. The minimum atomic E-state index is 0.805. The molecule has 0 unspecified atom stereocenters. The van der Waals surface area contributed by atoms with Gasteiger partial charge in [0.1, 0.15) is 0 Å². The SMILES string of the molecule is S=C(NCCN1CCOCC1)N(Cc1ccccc1)Cc1ccccc1. The van der Waals surface area contributed by atoms with Crippen LogP contribution in [0.25, 0.3) is 0 Å². The highest BCUT2D eigenvalue weighted by Gasteiger charge is 2.13. The van der Waals surface area contributed by atoms with Crippen LogP contribution in [0, 0.1) is 0 Å². The average Bonchev–Trinajstić information content (AvgIpc) is 2.70. The molecule has 0 bridgehead atoms. The summed E-state index contributed by atoms with van der Waals surface area (Å²) in [4.78, 5) is 4.65. The van der Waals surface area contributed by atoms with Crippen LogP contribution in [-0.2, 0) is 17.8 Å². The van der Waals surface area contributed by atoms with Crippen LogP contribution >= 0.6 is 12.2 Å². The smallest absolute Gasteiger partial charge is 0.169 e. The predicted octanol–water partition coefficient (Wildman–Crippen LogP) is 2.90. The van der Waals surface area contributed by atoms with Gasteiger partial charge in [-0.15, -0.1) is 0 Å². The fourth-order valence-corrected chi connectivity index (χ4v) is 3.30. The predicted molar refractivity (Wildman–Crippen MR) is 110 cm³/mol. The Labute approximate surface area is 161 Å². The molecule has 0 saturated carbocycles. The Balaban J connectivity index is 1.57. The van der Waals surface area contributed by atoms with Crippen molar-refractivity contribution in [2.75, 3.05) is 39.4 Å². The summed E-state index contributed by atoms with van der Waals surface area (Å²) in [5.74, 6) is 0. The van der Waals surface area contributed by atoms with E-state index in [-0.39, 0.29) is 0 Å². The molecule has 138 valence electrons. The van der Waals surface area contributed by atoms with E-state index in [1.807, 2.05) is 12.1 Å². The summed E-state index contributed by atoms with van der Waals surface area (Å²) < 4.78 is 5.40. The van der Waals surface area contributed by atoms with E-state index in [4.69, 9.17) is 17.0 Å². The first-order valence-corrected chi connectivity index (χ1v) is 9.63. The standard InChI is InChI=1S/C21H27N3OS/c26-21(22-11-12-23-13-15-25-16-14-23)24(17-19-7-3-1-4-8-19)18-20-9-5-2-6-10-20/h1-10H,11-18H2,(H,22,26). The summed E-state index contributed by atoms with van der Waals surface area (Å²) in [6, 6.07) is 21.0. The van der Waals surface area contributed by atoms with Crippen molar-refractivity contribution in [2.24, 2.45) is 0 Å². The van der Waals surface area contributed by atoms with Crippen LogP contribution in [-0.4, -0.2) is 54.3 Å². The lowest BCUT2D eigenvalue weighted by molar-refractivity contribution is 0.0388. The Hall–Kier alpha value is -1.95. The highest BCUT2D eigenvalue weighted by atomic mass is 32.1. The molecule has 5 heteroatoms. The summed E-state index contributed by atoms with van der Waals surface area (Å²) in [6.07, 6.45) is 0. The maximum Gasteiger partial charge on any atom is 0.169 e. The van der Waals surface area contributed by atoms with Gasteiger partial charge in [-0.2, -0.15) is 0 Å². The molecule has 1 fully saturated rings. The second-order valence-corrected chi connectivity index (χ2v) is 6.90. The minimum absolute atomic E-state index is 0.805. The summed E-state index contributed by atoms with van der Waals surface area (Å²) >= 11 is 5.71. The fraction of sp³-hybridized carbons (Fsp3) is 0.381. The van der Waals surface area contributed by atoms with Crippen LogP contribution in [0.15, 0.2) is 60.7 Å². The van der Waals surface area contributed by atoms with Crippen molar-refractivity contribution in [3.05, 3.63) is 71.8 Å². The van der Waals surface area contributed by atoms with Crippen LogP contribution in [0.5, 0.6) is 0 Å². The van der Waals surface area contributed by atoms with Gasteiger partial charge in [-0.3, -0.25) is 4.90 Å². The Morgan fingerprint density at radius 3 is 2.00 bits per heavy atom. The summed E-state index contributed by atoms with van der Waals surface area (Å²) in [7, 11) is 0. The van der Waals surface area contributed by atoms with Crippen LogP contribution in [0.1, 0.15) is 11.1 Å². The number of morpholine rings is 1. The van der Waals surface area contributed by atoms with Crippen molar-refractivity contribution in [1.29, 1.82) is 0 Å². The Bertz CT molecular complexity index is 618. The second kappa shape index (κ2) is 10.3. The Kier molecular flexibility index (Phi) is 7.43. The van der Waals surface area contributed by atoms with Crippen LogP contribution < -0.4 is 5.32 Å². The number of benzene rings is 2. The lowest BCUT2D eigenvalue weighted by Crippen LogP contribution is -2.44. The van der Waals surface area contributed by atoms with Crippen molar-refractivity contribution in [2.45, 2.75) is 13.1 Å². The summed E-state index contributed by atoms with van der Waals surface area (Å²) in [5.41, 5.74) is 2.53. The van der Waals surface area contributed by atoms with Crippen LogP contribution in [0.3, 0.4) is 0 Å².